The maximum atomic E-state index is 9.13. The molecule has 3 unspecified atom stereocenters. The molecular formula is C16H29N3. The number of hydrogen-bond donors (Lipinski definition) is 1. The van der Waals surface area contributed by atoms with Crippen molar-refractivity contribution in [2.24, 2.45) is 5.92 Å². The van der Waals surface area contributed by atoms with Crippen LogP contribution in [0.1, 0.15) is 58.3 Å². The summed E-state index contributed by atoms with van der Waals surface area (Å²) >= 11 is 0. The first-order valence-corrected chi connectivity index (χ1v) is 8.03. The van der Waals surface area contributed by atoms with E-state index in [0.717, 1.165) is 24.8 Å². The fourth-order valence-electron chi connectivity index (χ4n) is 3.86. The van der Waals surface area contributed by atoms with Crippen LogP contribution in [-0.2, 0) is 0 Å². The Balaban J connectivity index is 1.69. The summed E-state index contributed by atoms with van der Waals surface area (Å²) in [5.41, 5.74) is -0.336. The van der Waals surface area contributed by atoms with Gasteiger partial charge in [0.15, 0.2) is 0 Å². The molecule has 1 saturated heterocycles. The third-order valence-electron chi connectivity index (χ3n) is 5.28. The molecule has 0 radical (unpaired) electrons. The Labute approximate surface area is 118 Å². The normalized spacial score (nSPS) is 30.6. The van der Waals surface area contributed by atoms with Gasteiger partial charge in [-0.25, -0.2) is 0 Å². The molecule has 0 amide bonds. The molecule has 3 atom stereocenters. The molecule has 0 aromatic heterocycles. The van der Waals surface area contributed by atoms with Crippen LogP contribution in [0.25, 0.3) is 0 Å². The minimum absolute atomic E-state index is 0.336. The zero-order valence-electron chi connectivity index (χ0n) is 12.6. The fraction of sp³-hybridized carbons (Fsp3) is 0.938. The van der Waals surface area contributed by atoms with E-state index in [1.807, 2.05) is 14.0 Å². The number of nitrogens with zero attached hydrogens (tertiary/aromatic N) is 2. The van der Waals surface area contributed by atoms with E-state index < -0.39 is 0 Å². The Morgan fingerprint density at radius 3 is 2.79 bits per heavy atom. The van der Waals surface area contributed by atoms with Crippen LogP contribution in [-0.4, -0.2) is 36.6 Å². The summed E-state index contributed by atoms with van der Waals surface area (Å²) in [5.74, 6) is 0.996. The summed E-state index contributed by atoms with van der Waals surface area (Å²) in [7, 11) is 1.89. The van der Waals surface area contributed by atoms with Crippen LogP contribution in [0.4, 0.5) is 0 Å². The molecule has 1 saturated carbocycles. The predicted octanol–water partition coefficient (Wildman–Crippen LogP) is 2.92. The maximum Gasteiger partial charge on any atom is 0.103 e. The van der Waals surface area contributed by atoms with Crippen LogP contribution >= 0.6 is 0 Å². The van der Waals surface area contributed by atoms with Crippen LogP contribution in [0.5, 0.6) is 0 Å². The Hall–Kier alpha value is -0.590. The number of piperidine rings is 1. The number of fused-ring (bicyclic) bond motifs is 1. The summed E-state index contributed by atoms with van der Waals surface area (Å²) < 4.78 is 0. The van der Waals surface area contributed by atoms with E-state index in [2.05, 4.69) is 16.3 Å². The molecule has 1 aliphatic carbocycles. The highest BCUT2D eigenvalue weighted by molar-refractivity contribution is 5.02. The van der Waals surface area contributed by atoms with Crippen molar-refractivity contribution >= 4 is 0 Å². The number of nitrogens with one attached hydrogen (secondary N) is 1. The second-order valence-corrected chi connectivity index (χ2v) is 6.59. The van der Waals surface area contributed by atoms with Gasteiger partial charge in [-0.15, -0.1) is 0 Å². The number of unbranched alkanes of at least 4 members (excludes halogenated alkanes) is 1. The largest absolute Gasteiger partial charge is 0.303 e. The van der Waals surface area contributed by atoms with Crippen molar-refractivity contribution < 1.29 is 0 Å². The average Bonchev–Trinajstić information content (AvgIpc) is 2.92. The van der Waals surface area contributed by atoms with Gasteiger partial charge in [-0.05, 0) is 77.9 Å². The lowest BCUT2D eigenvalue weighted by Gasteiger charge is -2.38. The van der Waals surface area contributed by atoms with E-state index in [0.29, 0.717) is 0 Å². The molecule has 2 fully saturated rings. The predicted molar refractivity (Wildman–Crippen MR) is 78.9 cm³/mol. The molecule has 3 heteroatoms. The van der Waals surface area contributed by atoms with Gasteiger partial charge in [0, 0.05) is 6.04 Å². The highest BCUT2D eigenvalue weighted by Crippen LogP contribution is 2.36. The van der Waals surface area contributed by atoms with Crippen molar-refractivity contribution in [2.75, 3.05) is 20.1 Å². The zero-order chi connectivity index (χ0) is 13.7. The number of rotatable bonds is 6. The Morgan fingerprint density at radius 2 is 2.05 bits per heavy atom. The van der Waals surface area contributed by atoms with Crippen molar-refractivity contribution in [3.8, 4) is 6.07 Å². The number of hydrogen-bond acceptors (Lipinski definition) is 3. The van der Waals surface area contributed by atoms with Crippen molar-refractivity contribution in [3.05, 3.63) is 0 Å². The lowest BCUT2D eigenvalue weighted by molar-refractivity contribution is 0.110. The summed E-state index contributed by atoms with van der Waals surface area (Å²) in [4.78, 5) is 2.74. The van der Waals surface area contributed by atoms with Crippen LogP contribution in [0, 0.1) is 17.2 Å². The molecule has 1 aliphatic heterocycles. The van der Waals surface area contributed by atoms with Crippen molar-refractivity contribution in [2.45, 2.75) is 69.9 Å². The van der Waals surface area contributed by atoms with Gasteiger partial charge in [-0.1, -0.05) is 6.42 Å². The molecule has 0 aromatic carbocycles. The smallest absolute Gasteiger partial charge is 0.103 e. The first-order chi connectivity index (χ1) is 9.18. The summed E-state index contributed by atoms with van der Waals surface area (Å²) in [6, 6.07) is 3.27. The van der Waals surface area contributed by atoms with Crippen molar-refractivity contribution in [1.29, 1.82) is 5.26 Å². The molecule has 2 rings (SSSR count). The quantitative estimate of drug-likeness (QED) is 0.749. The molecular weight excluding hydrogens is 234 g/mol. The molecule has 0 aromatic rings. The molecule has 1 N–H and O–H groups in total. The van der Waals surface area contributed by atoms with E-state index >= 15 is 0 Å². The molecule has 0 bridgehead atoms. The maximum absolute atomic E-state index is 9.13. The van der Waals surface area contributed by atoms with Crippen LogP contribution < -0.4 is 5.32 Å². The third kappa shape index (κ3) is 3.70. The van der Waals surface area contributed by atoms with Crippen molar-refractivity contribution in [1.82, 2.24) is 10.2 Å². The second kappa shape index (κ2) is 6.72. The van der Waals surface area contributed by atoms with Crippen molar-refractivity contribution in [3.63, 3.8) is 0 Å². The fourth-order valence-corrected chi connectivity index (χ4v) is 3.86. The second-order valence-electron chi connectivity index (χ2n) is 6.59. The average molecular weight is 263 g/mol. The number of nitriles is 1. The number of likely N-dealkylation sites (tertiary alicyclic amines) is 1. The highest BCUT2D eigenvalue weighted by Gasteiger charge is 2.34. The van der Waals surface area contributed by atoms with E-state index in [1.54, 1.807) is 0 Å². The lowest BCUT2D eigenvalue weighted by Crippen LogP contribution is -2.43. The summed E-state index contributed by atoms with van der Waals surface area (Å²) in [6.07, 6.45) is 10.5. The topological polar surface area (TPSA) is 39.1 Å². The third-order valence-corrected chi connectivity index (χ3v) is 5.28. The molecule has 3 nitrogen and oxygen atoms in total. The monoisotopic (exact) mass is 263 g/mol. The van der Waals surface area contributed by atoms with E-state index in [4.69, 9.17) is 5.26 Å². The standard InChI is InChI=1S/C16H29N3/c1-16(13-17,18-2)10-3-4-11-19-12-6-8-14-7-5-9-15(14)19/h14-15,18H,3-12H2,1-2H3. The molecule has 108 valence electrons. The van der Waals surface area contributed by atoms with Crippen LogP contribution in [0.15, 0.2) is 0 Å². The van der Waals surface area contributed by atoms with Crippen LogP contribution in [0.2, 0.25) is 0 Å². The van der Waals surface area contributed by atoms with Gasteiger partial charge in [0.2, 0.25) is 0 Å². The molecule has 2 aliphatic rings. The van der Waals surface area contributed by atoms with E-state index in [-0.39, 0.29) is 5.54 Å². The van der Waals surface area contributed by atoms with Gasteiger partial charge in [-0.2, -0.15) is 5.26 Å². The van der Waals surface area contributed by atoms with Gasteiger partial charge in [-0.3, -0.25) is 0 Å². The molecule has 19 heavy (non-hydrogen) atoms. The van der Waals surface area contributed by atoms with Gasteiger partial charge in [0.25, 0.3) is 0 Å². The van der Waals surface area contributed by atoms with Gasteiger partial charge in [0.05, 0.1) is 6.07 Å². The first kappa shape index (κ1) is 14.8. The summed E-state index contributed by atoms with van der Waals surface area (Å²) in [5, 5.41) is 12.3. The lowest BCUT2D eigenvalue weighted by atomic mass is 9.91. The van der Waals surface area contributed by atoms with Gasteiger partial charge in [0.1, 0.15) is 5.54 Å². The van der Waals surface area contributed by atoms with E-state index in [1.165, 1.54) is 51.6 Å². The Kier molecular flexibility index (Phi) is 5.24. The van der Waals surface area contributed by atoms with Crippen LogP contribution in [0.3, 0.4) is 0 Å². The van der Waals surface area contributed by atoms with Gasteiger partial charge >= 0.3 is 0 Å². The minimum Gasteiger partial charge on any atom is -0.303 e. The summed E-state index contributed by atoms with van der Waals surface area (Å²) in [6.45, 7) is 4.55. The Bertz CT molecular complexity index is 322. The molecule has 1 heterocycles. The SMILES string of the molecule is CNC(C)(C#N)CCCCN1CCCC2CCCC21. The Morgan fingerprint density at radius 1 is 1.26 bits per heavy atom. The molecule has 0 spiro atoms. The minimum atomic E-state index is -0.336. The first-order valence-electron chi connectivity index (χ1n) is 8.03. The zero-order valence-corrected chi connectivity index (χ0v) is 12.6. The van der Waals surface area contributed by atoms with Gasteiger partial charge < -0.3 is 10.2 Å². The highest BCUT2D eigenvalue weighted by atomic mass is 15.2. The van der Waals surface area contributed by atoms with E-state index in [9.17, 15) is 0 Å².